The summed E-state index contributed by atoms with van der Waals surface area (Å²) in [6, 6.07) is 9.77. The smallest absolute Gasteiger partial charge is 0.295 e. The number of rotatable bonds is 9. The summed E-state index contributed by atoms with van der Waals surface area (Å²) in [5, 5.41) is 11.1. The maximum atomic E-state index is 13.1. The SMILES string of the molecule is C=CCOc1cccc(C2C(=C(O)c3ccncc3)C(=O)C(=O)N2CCCN2CCOCC2)c1. The molecule has 1 aromatic carbocycles. The lowest BCUT2D eigenvalue weighted by Gasteiger charge is -2.29. The van der Waals surface area contributed by atoms with Crippen molar-refractivity contribution in [3.8, 4) is 5.75 Å². The normalized spacial score (nSPS) is 20.5. The zero-order chi connectivity index (χ0) is 23.9. The van der Waals surface area contributed by atoms with Crippen LogP contribution in [0.5, 0.6) is 5.75 Å². The van der Waals surface area contributed by atoms with Gasteiger partial charge in [0.05, 0.1) is 24.8 Å². The molecule has 34 heavy (non-hydrogen) atoms. The fraction of sp³-hybridized carbons (Fsp3) is 0.346. The van der Waals surface area contributed by atoms with Crippen molar-refractivity contribution >= 4 is 17.4 Å². The summed E-state index contributed by atoms with van der Waals surface area (Å²) in [6.07, 6.45) is 5.41. The number of hydrogen-bond donors (Lipinski definition) is 1. The Balaban J connectivity index is 1.67. The Morgan fingerprint density at radius 2 is 1.94 bits per heavy atom. The van der Waals surface area contributed by atoms with Crippen molar-refractivity contribution in [3.63, 3.8) is 0 Å². The lowest BCUT2D eigenvalue weighted by Crippen LogP contribution is -2.38. The number of aliphatic hydroxyl groups excluding tert-OH is 1. The average Bonchev–Trinajstić information content (AvgIpc) is 3.13. The molecule has 0 spiro atoms. The Morgan fingerprint density at radius 3 is 2.68 bits per heavy atom. The molecule has 3 heterocycles. The van der Waals surface area contributed by atoms with Gasteiger partial charge >= 0.3 is 0 Å². The number of aromatic nitrogens is 1. The van der Waals surface area contributed by atoms with Crippen LogP contribution in [0.15, 0.2) is 67.0 Å². The Bertz CT molecular complexity index is 1060. The molecular formula is C26H29N3O5. The summed E-state index contributed by atoms with van der Waals surface area (Å²) in [5.41, 5.74) is 1.21. The molecule has 1 N–H and O–H groups in total. The molecule has 8 nitrogen and oxygen atoms in total. The number of likely N-dealkylation sites (tertiary alicyclic amines) is 1. The van der Waals surface area contributed by atoms with E-state index in [1.54, 1.807) is 35.2 Å². The summed E-state index contributed by atoms with van der Waals surface area (Å²) in [7, 11) is 0. The van der Waals surface area contributed by atoms with Crippen molar-refractivity contribution in [1.82, 2.24) is 14.8 Å². The maximum absolute atomic E-state index is 13.1. The Kier molecular flexibility index (Phi) is 7.72. The number of pyridine rings is 1. The summed E-state index contributed by atoms with van der Waals surface area (Å²) >= 11 is 0. The van der Waals surface area contributed by atoms with Gasteiger partial charge in [-0.1, -0.05) is 24.8 Å². The number of carbonyl (C=O) groups excluding carboxylic acids is 2. The maximum Gasteiger partial charge on any atom is 0.295 e. The quantitative estimate of drug-likeness (QED) is 0.265. The van der Waals surface area contributed by atoms with E-state index in [0.29, 0.717) is 49.7 Å². The largest absolute Gasteiger partial charge is 0.507 e. The van der Waals surface area contributed by atoms with Gasteiger partial charge in [0.15, 0.2) is 0 Å². The van der Waals surface area contributed by atoms with Crippen LogP contribution in [0.4, 0.5) is 0 Å². The van der Waals surface area contributed by atoms with Crippen molar-refractivity contribution in [2.24, 2.45) is 0 Å². The highest BCUT2D eigenvalue weighted by atomic mass is 16.5. The Morgan fingerprint density at radius 1 is 1.18 bits per heavy atom. The van der Waals surface area contributed by atoms with Gasteiger partial charge in [0, 0.05) is 44.1 Å². The van der Waals surface area contributed by atoms with Crippen molar-refractivity contribution in [2.45, 2.75) is 12.5 Å². The molecule has 2 fully saturated rings. The van der Waals surface area contributed by atoms with Crippen LogP contribution in [0, 0.1) is 0 Å². The summed E-state index contributed by atoms with van der Waals surface area (Å²) in [6.45, 7) is 8.30. The van der Waals surface area contributed by atoms with Gasteiger partial charge in [0.25, 0.3) is 11.7 Å². The van der Waals surface area contributed by atoms with Crippen LogP contribution in [0.1, 0.15) is 23.6 Å². The molecule has 4 rings (SSSR count). The molecule has 2 aliphatic rings. The van der Waals surface area contributed by atoms with E-state index in [0.717, 1.165) is 19.6 Å². The van der Waals surface area contributed by atoms with Crippen LogP contribution in [0.25, 0.3) is 5.76 Å². The molecule has 2 aromatic rings. The first-order valence-corrected chi connectivity index (χ1v) is 11.4. The molecule has 1 unspecified atom stereocenters. The molecule has 1 amide bonds. The predicted octanol–water partition coefficient (Wildman–Crippen LogP) is 2.79. The molecular weight excluding hydrogens is 434 g/mol. The first kappa shape index (κ1) is 23.7. The van der Waals surface area contributed by atoms with E-state index in [-0.39, 0.29) is 11.3 Å². The van der Waals surface area contributed by atoms with Crippen LogP contribution in [0.3, 0.4) is 0 Å². The second-order valence-electron chi connectivity index (χ2n) is 8.21. The minimum Gasteiger partial charge on any atom is -0.507 e. The van der Waals surface area contributed by atoms with E-state index in [1.807, 2.05) is 12.1 Å². The number of aliphatic hydroxyl groups is 1. The third-order valence-corrected chi connectivity index (χ3v) is 6.01. The average molecular weight is 464 g/mol. The van der Waals surface area contributed by atoms with Gasteiger partial charge in [-0.2, -0.15) is 0 Å². The van der Waals surface area contributed by atoms with Gasteiger partial charge < -0.3 is 19.5 Å². The Labute approximate surface area is 199 Å². The minimum absolute atomic E-state index is 0.0726. The number of ketones is 1. The second kappa shape index (κ2) is 11.1. The van der Waals surface area contributed by atoms with E-state index in [2.05, 4.69) is 16.5 Å². The van der Waals surface area contributed by atoms with Gasteiger partial charge in [-0.05, 0) is 36.2 Å². The van der Waals surface area contributed by atoms with Crippen LogP contribution in [-0.2, 0) is 14.3 Å². The summed E-state index contributed by atoms with van der Waals surface area (Å²) in [5.74, 6) is -0.915. The Hall–Kier alpha value is -3.49. The third kappa shape index (κ3) is 5.18. The first-order valence-electron chi connectivity index (χ1n) is 11.4. The van der Waals surface area contributed by atoms with Crippen LogP contribution in [0.2, 0.25) is 0 Å². The highest BCUT2D eigenvalue weighted by Crippen LogP contribution is 2.40. The number of carbonyl (C=O) groups is 2. The summed E-state index contributed by atoms with van der Waals surface area (Å²) < 4.78 is 11.1. The molecule has 178 valence electrons. The van der Waals surface area contributed by atoms with Crippen LogP contribution in [-0.4, -0.2) is 77.6 Å². The molecule has 1 aromatic heterocycles. The van der Waals surface area contributed by atoms with E-state index in [4.69, 9.17) is 9.47 Å². The van der Waals surface area contributed by atoms with E-state index < -0.39 is 17.7 Å². The summed E-state index contributed by atoms with van der Waals surface area (Å²) in [4.78, 5) is 34.1. The van der Waals surface area contributed by atoms with Gasteiger partial charge in [-0.25, -0.2) is 0 Å². The molecule has 1 atom stereocenters. The van der Waals surface area contributed by atoms with Crippen molar-refractivity contribution in [3.05, 3.63) is 78.1 Å². The molecule has 2 saturated heterocycles. The van der Waals surface area contributed by atoms with Gasteiger partial charge in [-0.3, -0.25) is 19.5 Å². The van der Waals surface area contributed by atoms with E-state index >= 15 is 0 Å². The fourth-order valence-corrected chi connectivity index (χ4v) is 4.34. The number of Topliss-reactive ketones (excluding diaryl/α,β-unsaturated/α-hetero) is 1. The standard InChI is InChI=1S/C26H29N3O5/c1-2-15-34-21-6-3-5-20(18-21)23-22(24(30)19-7-9-27-10-8-19)25(31)26(32)29(23)12-4-11-28-13-16-33-17-14-28/h2-3,5-10,18,23,30H,1,4,11-17H2. The first-order chi connectivity index (χ1) is 16.6. The van der Waals surface area contributed by atoms with Gasteiger partial charge in [-0.15, -0.1) is 0 Å². The second-order valence-corrected chi connectivity index (χ2v) is 8.21. The third-order valence-electron chi connectivity index (χ3n) is 6.01. The molecule has 0 aliphatic carbocycles. The lowest BCUT2D eigenvalue weighted by molar-refractivity contribution is -0.140. The zero-order valence-corrected chi connectivity index (χ0v) is 19.1. The molecule has 0 radical (unpaired) electrons. The fourth-order valence-electron chi connectivity index (χ4n) is 4.34. The van der Waals surface area contributed by atoms with E-state index in [1.165, 1.54) is 12.4 Å². The number of nitrogens with zero attached hydrogens (tertiary/aromatic N) is 3. The van der Waals surface area contributed by atoms with Crippen LogP contribution >= 0.6 is 0 Å². The zero-order valence-electron chi connectivity index (χ0n) is 19.1. The monoisotopic (exact) mass is 463 g/mol. The number of hydrogen-bond acceptors (Lipinski definition) is 7. The van der Waals surface area contributed by atoms with Crippen molar-refractivity contribution in [1.29, 1.82) is 0 Å². The highest BCUT2D eigenvalue weighted by Gasteiger charge is 2.45. The lowest BCUT2D eigenvalue weighted by atomic mass is 9.95. The number of amides is 1. The highest BCUT2D eigenvalue weighted by molar-refractivity contribution is 6.46. The molecule has 8 heteroatoms. The number of morpholine rings is 1. The van der Waals surface area contributed by atoms with E-state index in [9.17, 15) is 14.7 Å². The molecule has 0 saturated carbocycles. The molecule has 0 bridgehead atoms. The topological polar surface area (TPSA) is 92.2 Å². The van der Waals surface area contributed by atoms with Crippen molar-refractivity contribution in [2.75, 3.05) is 46.0 Å². The predicted molar refractivity (Wildman–Crippen MR) is 127 cm³/mol. The van der Waals surface area contributed by atoms with Crippen LogP contribution < -0.4 is 4.74 Å². The molecule has 2 aliphatic heterocycles. The van der Waals surface area contributed by atoms with Crippen molar-refractivity contribution < 1.29 is 24.2 Å². The number of benzene rings is 1. The number of ether oxygens (including phenoxy) is 2. The minimum atomic E-state index is -0.717. The van der Waals surface area contributed by atoms with Gasteiger partial charge in [0.1, 0.15) is 18.1 Å². The van der Waals surface area contributed by atoms with Gasteiger partial charge in [0.2, 0.25) is 0 Å².